The minimum Gasteiger partial charge on any atom is -0.451 e. The van der Waals surface area contributed by atoms with Crippen molar-refractivity contribution in [1.29, 1.82) is 0 Å². The number of rotatable bonds is 3. The molecule has 0 spiro atoms. The smallest absolute Gasteiger partial charge is 0.180 e. The van der Waals surface area contributed by atoms with Crippen LogP contribution in [0.1, 0.15) is 0 Å². The first-order valence-electron chi connectivity index (χ1n) is 12.7. The van der Waals surface area contributed by atoms with Crippen molar-refractivity contribution >= 4 is 43.9 Å². The molecule has 0 radical (unpaired) electrons. The Morgan fingerprint density at radius 2 is 1.16 bits per heavy atom. The van der Waals surface area contributed by atoms with Crippen LogP contribution in [0.3, 0.4) is 0 Å². The van der Waals surface area contributed by atoms with E-state index in [-0.39, 0.29) is 0 Å². The summed E-state index contributed by atoms with van der Waals surface area (Å²) in [4.78, 5) is 10.1. The minimum atomic E-state index is 0.687. The molecule has 4 heteroatoms. The number of nitrogens with zero attached hydrogens (tertiary/aromatic N) is 3. The van der Waals surface area contributed by atoms with Gasteiger partial charge in [-0.05, 0) is 30.3 Å². The molecular formula is C34H21N3O. The molecule has 0 bridgehead atoms. The number of para-hydroxylation sites is 2. The third-order valence-electron chi connectivity index (χ3n) is 7.21. The summed E-state index contributed by atoms with van der Waals surface area (Å²) in [6.45, 7) is 0. The Bertz CT molecular complexity index is 2110. The Balaban J connectivity index is 1.53. The summed E-state index contributed by atoms with van der Waals surface area (Å²) in [6.07, 6.45) is 0. The van der Waals surface area contributed by atoms with E-state index in [1.165, 1.54) is 0 Å². The molecule has 3 aromatic heterocycles. The molecule has 0 aliphatic heterocycles. The molecule has 0 atom stereocenters. The van der Waals surface area contributed by atoms with Gasteiger partial charge in [-0.3, -0.25) is 0 Å². The van der Waals surface area contributed by atoms with Crippen LogP contribution in [0.5, 0.6) is 0 Å². The minimum absolute atomic E-state index is 0.687. The Morgan fingerprint density at radius 3 is 1.92 bits per heavy atom. The molecule has 5 aromatic carbocycles. The highest BCUT2D eigenvalue weighted by atomic mass is 16.3. The maximum atomic E-state index is 6.76. The van der Waals surface area contributed by atoms with Crippen molar-refractivity contribution in [3.8, 4) is 28.3 Å². The monoisotopic (exact) mass is 487 g/mol. The first kappa shape index (κ1) is 20.9. The molecular weight excluding hydrogens is 466 g/mol. The topological polar surface area (TPSA) is 43.9 Å². The van der Waals surface area contributed by atoms with Crippen LogP contribution in [-0.4, -0.2) is 14.5 Å². The number of hydrogen-bond acceptors (Lipinski definition) is 3. The fourth-order valence-electron chi connectivity index (χ4n) is 5.52. The molecule has 38 heavy (non-hydrogen) atoms. The van der Waals surface area contributed by atoms with Crippen molar-refractivity contribution in [3.63, 3.8) is 0 Å². The highest BCUT2D eigenvalue weighted by Crippen LogP contribution is 2.42. The average Bonchev–Trinajstić information content (AvgIpc) is 3.54. The quantitative estimate of drug-likeness (QED) is 0.250. The summed E-state index contributed by atoms with van der Waals surface area (Å²) in [6, 6.07) is 43.6. The fraction of sp³-hybridized carbons (Fsp3) is 0. The Kier molecular flexibility index (Phi) is 4.49. The first-order chi connectivity index (χ1) is 18.9. The van der Waals surface area contributed by atoms with Gasteiger partial charge in [0, 0.05) is 27.6 Å². The average molecular weight is 488 g/mol. The summed E-state index contributed by atoms with van der Waals surface area (Å²) in [5.41, 5.74) is 8.49. The summed E-state index contributed by atoms with van der Waals surface area (Å²) in [5, 5.41) is 3.22. The second-order valence-electron chi connectivity index (χ2n) is 9.43. The summed E-state index contributed by atoms with van der Waals surface area (Å²) in [5.74, 6) is 0.687. The Morgan fingerprint density at radius 1 is 0.500 bits per heavy atom. The number of aromatic nitrogens is 3. The largest absolute Gasteiger partial charge is 0.451 e. The van der Waals surface area contributed by atoms with Gasteiger partial charge in [-0.25, -0.2) is 9.97 Å². The van der Waals surface area contributed by atoms with Crippen LogP contribution in [-0.2, 0) is 0 Å². The molecule has 0 unspecified atom stereocenters. The zero-order chi connectivity index (χ0) is 25.1. The zero-order valence-corrected chi connectivity index (χ0v) is 20.4. The van der Waals surface area contributed by atoms with Gasteiger partial charge in [0.05, 0.1) is 16.4 Å². The van der Waals surface area contributed by atoms with Crippen LogP contribution in [0.2, 0.25) is 0 Å². The number of hydrogen-bond donors (Lipinski definition) is 0. The number of furan rings is 1. The lowest BCUT2D eigenvalue weighted by Gasteiger charge is -2.07. The van der Waals surface area contributed by atoms with Gasteiger partial charge in [0.25, 0.3) is 0 Å². The second kappa shape index (κ2) is 8.15. The van der Waals surface area contributed by atoms with Gasteiger partial charge >= 0.3 is 0 Å². The van der Waals surface area contributed by atoms with Gasteiger partial charge in [-0.2, -0.15) is 0 Å². The van der Waals surface area contributed by atoms with Gasteiger partial charge in [0.1, 0.15) is 16.8 Å². The summed E-state index contributed by atoms with van der Waals surface area (Å²) < 4.78 is 9.06. The molecule has 3 heterocycles. The highest BCUT2D eigenvalue weighted by molar-refractivity contribution is 6.24. The third-order valence-corrected chi connectivity index (χ3v) is 7.21. The van der Waals surface area contributed by atoms with E-state index in [0.29, 0.717) is 11.4 Å². The lowest BCUT2D eigenvalue weighted by atomic mass is 10.1. The van der Waals surface area contributed by atoms with E-state index in [9.17, 15) is 0 Å². The van der Waals surface area contributed by atoms with E-state index >= 15 is 0 Å². The third kappa shape index (κ3) is 3.04. The molecule has 8 rings (SSSR count). The number of fused-ring (bicyclic) bond motifs is 7. The van der Waals surface area contributed by atoms with E-state index in [2.05, 4.69) is 77.4 Å². The van der Waals surface area contributed by atoms with Crippen LogP contribution >= 0.6 is 0 Å². The van der Waals surface area contributed by atoms with Crippen molar-refractivity contribution in [2.75, 3.05) is 0 Å². The molecule has 4 nitrogen and oxygen atoms in total. The van der Waals surface area contributed by atoms with Crippen LogP contribution in [0.4, 0.5) is 0 Å². The summed E-state index contributed by atoms with van der Waals surface area (Å²) in [7, 11) is 0. The van der Waals surface area contributed by atoms with Crippen molar-refractivity contribution < 1.29 is 4.42 Å². The molecule has 0 amide bonds. The van der Waals surface area contributed by atoms with E-state index in [1.807, 2.05) is 54.6 Å². The fourth-order valence-corrected chi connectivity index (χ4v) is 5.52. The lowest BCUT2D eigenvalue weighted by molar-refractivity contribution is 0.671. The normalized spacial score (nSPS) is 11.7. The lowest BCUT2D eigenvalue weighted by Crippen LogP contribution is -1.93. The molecule has 0 aliphatic carbocycles. The van der Waals surface area contributed by atoms with Crippen molar-refractivity contribution in [2.45, 2.75) is 0 Å². The molecule has 0 fully saturated rings. The van der Waals surface area contributed by atoms with Crippen molar-refractivity contribution in [3.05, 3.63) is 127 Å². The van der Waals surface area contributed by atoms with Gasteiger partial charge in [0.2, 0.25) is 0 Å². The Labute approximate surface area is 218 Å². The van der Waals surface area contributed by atoms with Crippen molar-refractivity contribution in [2.24, 2.45) is 0 Å². The highest BCUT2D eigenvalue weighted by Gasteiger charge is 2.22. The SMILES string of the molecule is c1ccc(-c2nc(-c3ccccc3)c3oc4c(ccc5c4c4ccccc4n5-c4ccccc4)c3n2)cc1. The standard InChI is InChI=1S/C34H21N3O/c1-4-12-22(13-5-1)30-33-31(36-34(35-30)23-14-6-2-7-15-23)26-20-21-28-29(32(26)38-33)25-18-10-11-19-27(25)37(28)24-16-8-3-9-17-24/h1-21H. The van der Waals surface area contributed by atoms with Crippen LogP contribution in [0, 0.1) is 0 Å². The predicted octanol–water partition coefficient (Wildman–Crippen LogP) is 8.81. The van der Waals surface area contributed by atoms with Gasteiger partial charge in [-0.15, -0.1) is 0 Å². The van der Waals surface area contributed by atoms with E-state index in [0.717, 1.165) is 60.8 Å². The first-order valence-corrected chi connectivity index (χ1v) is 12.7. The van der Waals surface area contributed by atoms with E-state index < -0.39 is 0 Å². The maximum absolute atomic E-state index is 6.76. The summed E-state index contributed by atoms with van der Waals surface area (Å²) >= 11 is 0. The van der Waals surface area contributed by atoms with Gasteiger partial charge in [0.15, 0.2) is 11.4 Å². The molecule has 0 saturated heterocycles. The molecule has 0 aliphatic rings. The van der Waals surface area contributed by atoms with Gasteiger partial charge in [-0.1, -0.05) is 97.1 Å². The maximum Gasteiger partial charge on any atom is 0.180 e. The van der Waals surface area contributed by atoms with E-state index in [4.69, 9.17) is 14.4 Å². The molecule has 0 N–H and O–H groups in total. The van der Waals surface area contributed by atoms with E-state index in [1.54, 1.807) is 0 Å². The predicted molar refractivity (Wildman–Crippen MR) is 155 cm³/mol. The number of benzene rings is 5. The van der Waals surface area contributed by atoms with Crippen LogP contribution in [0.25, 0.3) is 72.2 Å². The van der Waals surface area contributed by atoms with Gasteiger partial charge < -0.3 is 8.98 Å². The molecule has 8 aromatic rings. The van der Waals surface area contributed by atoms with Crippen LogP contribution in [0.15, 0.2) is 132 Å². The van der Waals surface area contributed by atoms with Crippen LogP contribution < -0.4 is 0 Å². The van der Waals surface area contributed by atoms with Crippen molar-refractivity contribution in [1.82, 2.24) is 14.5 Å². The second-order valence-corrected chi connectivity index (χ2v) is 9.43. The molecule has 0 saturated carbocycles. The molecule has 178 valence electrons. The zero-order valence-electron chi connectivity index (χ0n) is 20.4. The Hall–Kier alpha value is -5.22.